The highest BCUT2D eigenvalue weighted by atomic mass is 16.5. The Morgan fingerprint density at radius 3 is 2.12 bits per heavy atom. The summed E-state index contributed by atoms with van der Waals surface area (Å²) in [4.78, 5) is 2.04. The Morgan fingerprint density at radius 1 is 0.812 bits per heavy atom. The van der Waals surface area contributed by atoms with E-state index in [0.29, 0.717) is 0 Å². The van der Waals surface area contributed by atoms with Crippen LogP contribution in [0.25, 0.3) is 0 Å². The smallest absolute Gasteiger partial charge is 0.150 e. The molecular formula is C14H15NO. The summed E-state index contributed by atoms with van der Waals surface area (Å²) < 4.78 is 5.83. The lowest BCUT2D eigenvalue weighted by atomic mass is 10.2. The largest absolute Gasteiger partial charge is 0.455 e. The minimum absolute atomic E-state index is 0.858. The van der Waals surface area contributed by atoms with Crippen LogP contribution in [0.2, 0.25) is 0 Å². The molecule has 0 fully saturated rings. The molecule has 82 valence electrons. The topological polar surface area (TPSA) is 12.5 Å². The van der Waals surface area contributed by atoms with Crippen LogP contribution < -0.4 is 9.64 Å². The normalized spacial score (nSPS) is 9.88. The first-order valence-electron chi connectivity index (χ1n) is 5.26. The number of hydrogen-bond acceptors (Lipinski definition) is 2. The van der Waals surface area contributed by atoms with Crippen LogP contribution in [0.4, 0.5) is 5.69 Å². The van der Waals surface area contributed by atoms with E-state index in [1.807, 2.05) is 73.6 Å². The second kappa shape index (κ2) is 4.71. The third kappa shape index (κ3) is 2.34. The lowest BCUT2D eigenvalue weighted by Crippen LogP contribution is -2.09. The molecule has 0 aliphatic carbocycles. The molecule has 2 rings (SSSR count). The molecule has 16 heavy (non-hydrogen) atoms. The zero-order chi connectivity index (χ0) is 11.4. The lowest BCUT2D eigenvalue weighted by Gasteiger charge is -2.17. The molecule has 0 radical (unpaired) electrons. The first kappa shape index (κ1) is 10.6. The second-order valence-electron chi connectivity index (χ2n) is 3.78. The molecular weight excluding hydrogens is 198 g/mol. The Labute approximate surface area is 96.1 Å². The molecule has 0 atom stereocenters. The Bertz CT molecular complexity index is 451. The van der Waals surface area contributed by atoms with Crippen molar-refractivity contribution in [1.82, 2.24) is 0 Å². The van der Waals surface area contributed by atoms with Crippen molar-refractivity contribution in [3.63, 3.8) is 0 Å². The summed E-state index contributed by atoms with van der Waals surface area (Å²) >= 11 is 0. The molecule has 2 nitrogen and oxygen atoms in total. The van der Waals surface area contributed by atoms with Crippen molar-refractivity contribution in [1.29, 1.82) is 0 Å². The van der Waals surface area contributed by atoms with Gasteiger partial charge < -0.3 is 9.64 Å². The molecule has 0 aliphatic rings. The van der Waals surface area contributed by atoms with Gasteiger partial charge in [-0.05, 0) is 24.3 Å². The number of hydrogen-bond donors (Lipinski definition) is 0. The van der Waals surface area contributed by atoms with Crippen molar-refractivity contribution >= 4 is 5.69 Å². The van der Waals surface area contributed by atoms with Gasteiger partial charge in [-0.2, -0.15) is 0 Å². The average Bonchev–Trinajstić information content (AvgIpc) is 2.31. The Kier molecular flexibility index (Phi) is 3.10. The molecule has 0 bridgehead atoms. The zero-order valence-corrected chi connectivity index (χ0v) is 9.55. The zero-order valence-electron chi connectivity index (χ0n) is 9.55. The van der Waals surface area contributed by atoms with Crippen LogP contribution in [-0.2, 0) is 0 Å². The van der Waals surface area contributed by atoms with E-state index in [1.54, 1.807) is 0 Å². The van der Waals surface area contributed by atoms with Crippen LogP contribution in [0, 0.1) is 0 Å². The number of ether oxygens (including phenoxy) is 1. The van der Waals surface area contributed by atoms with E-state index in [4.69, 9.17) is 4.74 Å². The number of rotatable bonds is 3. The van der Waals surface area contributed by atoms with Crippen molar-refractivity contribution in [2.75, 3.05) is 19.0 Å². The van der Waals surface area contributed by atoms with E-state index in [-0.39, 0.29) is 0 Å². The van der Waals surface area contributed by atoms with E-state index in [0.717, 1.165) is 17.2 Å². The Hall–Kier alpha value is -1.96. The van der Waals surface area contributed by atoms with Crippen LogP contribution in [0.15, 0.2) is 54.6 Å². The maximum absolute atomic E-state index is 5.83. The predicted octanol–water partition coefficient (Wildman–Crippen LogP) is 3.54. The maximum Gasteiger partial charge on any atom is 0.150 e. The third-order valence-corrected chi connectivity index (χ3v) is 2.32. The van der Waals surface area contributed by atoms with Crippen molar-refractivity contribution in [2.45, 2.75) is 0 Å². The first-order chi connectivity index (χ1) is 7.77. The number of nitrogens with zero attached hydrogens (tertiary/aromatic N) is 1. The van der Waals surface area contributed by atoms with Crippen LogP contribution in [0.5, 0.6) is 11.5 Å². The summed E-state index contributed by atoms with van der Waals surface area (Å²) in [6, 6.07) is 17.8. The van der Waals surface area contributed by atoms with E-state index >= 15 is 0 Å². The van der Waals surface area contributed by atoms with E-state index in [1.165, 1.54) is 0 Å². The quantitative estimate of drug-likeness (QED) is 0.773. The van der Waals surface area contributed by atoms with Crippen molar-refractivity contribution in [2.24, 2.45) is 0 Å². The standard InChI is InChI=1S/C14H15NO/c1-15(2)13-10-6-7-11-14(13)16-12-8-4-3-5-9-12/h3-11H,1-2H3. The summed E-state index contributed by atoms with van der Waals surface area (Å²) in [6.45, 7) is 0. The van der Waals surface area contributed by atoms with Crippen LogP contribution in [0.3, 0.4) is 0 Å². The minimum atomic E-state index is 0.858. The van der Waals surface area contributed by atoms with E-state index < -0.39 is 0 Å². The molecule has 0 N–H and O–H groups in total. The molecule has 0 heterocycles. The highest BCUT2D eigenvalue weighted by Crippen LogP contribution is 2.30. The SMILES string of the molecule is CN(C)c1ccccc1Oc1ccccc1. The van der Waals surface area contributed by atoms with Crippen LogP contribution in [-0.4, -0.2) is 14.1 Å². The highest BCUT2D eigenvalue weighted by molar-refractivity contribution is 5.58. The lowest BCUT2D eigenvalue weighted by molar-refractivity contribution is 0.483. The van der Waals surface area contributed by atoms with Crippen molar-refractivity contribution in [3.05, 3.63) is 54.6 Å². The van der Waals surface area contributed by atoms with Gasteiger partial charge in [-0.15, -0.1) is 0 Å². The van der Waals surface area contributed by atoms with Crippen molar-refractivity contribution < 1.29 is 4.74 Å². The van der Waals surface area contributed by atoms with Crippen LogP contribution >= 0.6 is 0 Å². The predicted molar refractivity (Wildman–Crippen MR) is 67.3 cm³/mol. The molecule has 0 saturated heterocycles. The molecule has 0 unspecified atom stereocenters. The molecule has 2 aromatic carbocycles. The van der Waals surface area contributed by atoms with Gasteiger partial charge in [0.05, 0.1) is 5.69 Å². The molecule has 0 amide bonds. The number of para-hydroxylation sites is 3. The molecule has 2 heteroatoms. The van der Waals surface area contributed by atoms with Gasteiger partial charge >= 0.3 is 0 Å². The molecule has 0 aliphatic heterocycles. The van der Waals surface area contributed by atoms with Crippen molar-refractivity contribution in [3.8, 4) is 11.5 Å². The summed E-state index contributed by atoms with van der Waals surface area (Å²) in [7, 11) is 4.01. The monoisotopic (exact) mass is 213 g/mol. The maximum atomic E-state index is 5.83. The Balaban J connectivity index is 2.28. The Morgan fingerprint density at radius 2 is 1.44 bits per heavy atom. The van der Waals surface area contributed by atoms with Gasteiger partial charge in [0, 0.05) is 14.1 Å². The van der Waals surface area contributed by atoms with Gasteiger partial charge in [0.1, 0.15) is 5.75 Å². The van der Waals surface area contributed by atoms with Gasteiger partial charge in [-0.3, -0.25) is 0 Å². The van der Waals surface area contributed by atoms with E-state index in [9.17, 15) is 0 Å². The van der Waals surface area contributed by atoms with Gasteiger partial charge in [0.15, 0.2) is 5.75 Å². The summed E-state index contributed by atoms with van der Waals surface area (Å²) in [5.74, 6) is 1.73. The summed E-state index contributed by atoms with van der Waals surface area (Å²) in [5, 5.41) is 0. The fourth-order valence-electron chi connectivity index (χ4n) is 1.53. The molecule has 0 spiro atoms. The first-order valence-corrected chi connectivity index (χ1v) is 5.26. The molecule has 0 saturated carbocycles. The third-order valence-electron chi connectivity index (χ3n) is 2.32. The average molecular weight is 213 g/mol. The fourth-order valence-corrected chi connectivity index (χ4v) is 1.53. The number of anilines is 1. The van der Waals surface area contributed by atoms with E-state index in [2.05, 4.69) is 0 Å². The summed E-state index contributed by atoms with van der Waals surface area (Å²) in [6.07, 6.45) is 0. The van der Waals surface area contributed by atoms with Gasteiger partial charge in [-0.25, -0.2) is 0 Å². The number of benzene rings is 2. The minimum Gasteiger partial charge on any atom is -0.455 e. The van der Waals surface area contributed by atoms with Crippen LogP contribution in [0.1, 0.15) is 0 Å². The van der Waals surface area contributed by atoms with Gasteiger partial charge in [-0.1, -0.05) is 30.3 Å². The van der Waals surface area contributed by atoms with Gasteiger partial charge in [0.2, 0.25) is 0 Å². The second-order valence-corrected chi connectivity index (χ2v) is 3.78. The fraction of sp³-hybridized carbons (Fsp3) is 0.143. The highest BCUT2D eigenvalue weighted by Gasteiger charge is 2.04. The molecule has 2 aromatic rings. The molecule has 0 aromatic heterocycles. The van der Waals surface area contributed by atoms with Gasteiger partial charge in [0.25, 0.3) is 0 Å². The summed E-state index contributed by atoms with van der Waals surface area (Å²) in [5.41, 5.74) is 1.08.